The van der Waals surface area contributed by atoms with Gasteiger partial charge in [0, 0.05) is 10.6 Å². The SMILES string of the molecule is CCOc1ccc(-n2c(C)nnc2S[C@@H](C[N+](=O)[O-])c2ccc(OCc3cccc(F)c3)c(Br)c2)cc1. The van der Waals surface area contributed by atoms with Gasteiger partial charge in [0.15, 0.2) is 5.16 Å². The number of aryl methyl sites for hydroxylation is 1. The molecule has 0 amide bonds. The van der Waals surface area contributed by atoms with Gasteiger partial charge >= 0.3 is 0 Å². The first kappa shape index (κ1) is 26.6. The third-order valence-electron chi connectivity index (χ3n) is 5.37. The Morgan fingerprint density at radius 2 is 1.89 bits per heavy atom. The normalized spacial score (nSPS) is 11.8. The Morgan fingerprint density at radius 3 is 2.57 bits per heavy atom. The molecule has 0 spiro atoms. The molecule has 0 fully saturated rings. The van der Waals surface area contributed by atoms with Crippen LogP contribution in [-0.2, 0) is 6.61 Å². The minimum Gasteiger partial charge on any atom is -0.494 e. The summed E-state index contributed by atoms with van der Waals surface area (Å²) in [6.07, 6.45) is 0. The molecule has 11 heteroatoms. The maximum Gasteiger partial charge on any atom is 0.220 e. The summed E-state index contributed by atoms with van der Waals surface area (Å²) < 4.78 is 27.3. The molecule has 0 saturated carbocycles. The first-order valence-electron chi connectivity index (χ1n) is 11.4. The number of nitro groups is 1. The molecule has 8 nitrogen and oxygen atoms in total. The summed E-state index contributed by atoms with van der Waals surface area (Å²) >= 11 is 4.77. The van der Waals surface area contributed by atoms with Gasteiger partial charge < -0.3 is 9.47 Å². The third-order valence-corrected chi connectivity index (χ3v) is 7.18. The Morgan fingerprint density at radius 1 is 1.11 bits per heavy atom. The average molecular weight is 587 g/mol. The van der Waals surface area contributed by atoms with E-state index in [1.165, 1.54) is 23.9 Å². The van der Waals surface area contributed by atoms with Crippen molar-refractivity contribution in [3.8, 4) is 17.2 Å². The summed E-state index contributed by atoms with van der Waals surface area (Å²) in [6, 6.07) is 19.0. The second kappa shape index (κ2) is 12.2. The van der Waals surface area contributed by atoms with Crippen LogP contribution in [0.15, 0.2) is 76.4 Å². The lowest BCUT2D eigenvalue weighted by atomic mass is 10.1. The quantitative estimate of drug-likeness (QED) is 0.111. The van der Waals surface area contributed by atoms with Crippen molar-refractivity contribution in [1.29, 1.82) is 0 Å². The molecule has 4 aromatic rings. The van der Waals surface area contributed by atoms with Gasteiger partial charge in [0.05, 0.1) is 11.1 Å². The van der Waals surface area contributed by atoms with Crippen molar-refractivity contribution in [3.05, 3.63) is 104 Å². The zero-order chi connectivity index (χ0) is 26.4. The van der Waals surface area contributed by atoms with Crippen molar-refractivity contribution in [2.75, 3.05) is 13.2 Å². The molecule has 0 aliphatic rings. The van der Waals surface area contributed by atoms with Crippen molar-refractivity contribution >= 4 is 27.7 Å². The number of thioether (sulfide) groups is 1. The van der Waals surface area contributed by atoms with Gasteiger partial charge in [0.2, 0.25) is 6.54 Å². The number of hydrogen-bond donors (Lipinski definition) is 0. The second-order valence-corrected chi connectivity index (χ2v) is 10.0. The van der Waals surface area contributed by atoms with Gasteiger partial charge in [-0.1, -0.05) is 30.0 Å². The van der Waals surface area contributed by atoms with Gasteiger partial charge in [0.25, 0.3) is 0 Å². The molecule has 0 aliphatic heterocycles. The van der Waals surface area contributed by atoms with Crippen LogP contribution in [0, 0.1) is 22.9 Å². The number of aromatic nitrogens is 3. The van der Waals surface area contributed by atoms with Crippen molar-refractivity contribution in [2.45, 2.75) is 30.9 Å². The number of nitrogens with zero attached hydrogens (tertiary/aromatic N) is 4. The third kappa shape index (κ3) is 6.86. The van der Waals surface area contributed by atoms with E-state index in [0.29, 0.717) is 33.4 Å². The summed E-state index contributed by atoms with van der Waals surface area (Å²) in [4.78, 5) is 11.2. The molecule has 1 heterocycles. The zero-order valence-corrected chi connectivity index (χ0v) is 22.5. The highest BCUT2D eigenvalue weighted by atomic mass is 79.9. The smallest absolute Gasteiger partial charge is 0.220 e. The maximum atomic E-state index is 13.4. The van der Waals surface area contributed by atoms with Crippen molar-refractivity contribution < 1.29 is 18.8 Å². The van der Waals surface area contributed by atoms with Crippen LogP contribution in [0.4, 0.5) is 4.39 Å². The molecule has 0 aliphatic carbocycles. The molecule has 37 heavy (non-hydrogen) atoms. The summed E-state index contributed by atoms with van der Waals surface area (Å²) in [5.74, 6) is 1.63. The number of rotatable bonds is 11. The number of hydrogen-bond acceptors (Lipinski definition) is 7. The summed E-state index contributed by atoms with van der Waals surface area (Å²) in [5.41, 5.74) is 2.25. The van der Waals surface area contributed by atoms with Gasteiger partial charge in [-0.3, -0.25) is 14.7 Å². The van der Waals surface area contributed by atoms with E-state index in [-0.39, 0.29) is 23.9 Å². The van der Waals surface area contributed by atoms with Crippen LogP contribution >= 0.6 is 27.7 Å². The molecule has 1 atom stereocenters. The fourth-order valence-electron chi connectivity index (χ4n) is 3.67. The molecule has 0 radical (unpaired) electrons. The van der Waals surface area contributed by atoms with Crippen molar-refractivity contribution in [3.63, 3.8) is 0 Å². The van der Waals surface area contributed by atoms with Gasteiger partial charge in [-0.05, 0) is 89.4 Å². The fraction of sp³-hybridized carbons (Fsp3) is 0.231. The highest BCUT2D eigenvalue weighted by Gasteiger charge is 2.24. The Kier molecular flexibility index (Phi) is 8.78. The zero-order valence-electron chi connectivity index (χ0n) is 20.1. The molecule has 3 aromatic carbocycles. The summed E-state index contributed by atoms with van der Waals surface area (Å²) in [5, 5.41) is 20.0. The van der Waals surface area contributed by atoms with Crippen LogP contribution < -0.4 is 9.47 Å². The van der Waals surface area contributed by atoms with Crippen LogP contribution in [0.2, 0.25) is 0 Å². The van der Waals surface area contributed by atoms with E-state index in [9.17, 15) is 14.5 Å². The minimum atomic E-state index is -0.534. The predicted octanol–water partition coefficient (Wildman–Crippen LogP) is 6.57. The molecular weight excluding hydrogens is 563 g/mol. The predicted molar refractivity (Wildman–Crippen MR) is 143 cm³/mol. The molecule has 4 rings (SSSR count). The van der Waals surface area contributed by atoms with E-state index in [2.05, 4.69) is 26.1 Å². The van der Waals surface area contributed by atoms with E-state index in [1.54, 1.807) is 30.3 Å². The van der Waals surface area contributed by atoms with Crippen molar-refractivity contribution in [1.82, 2.24) is 14.8 Å². The van der Waals surface area contributed by atoms with Gasteiger partial charge in [-0.15, -0.1) is 10.2 Å². The minimum absolute atomic E-state index is 0.188. The topological polar surface area (TPSA) is 92.3 Å². The van der Waals surface area contributed by atoms with E-state index < -0.39 is 5.25 Å². The standard InChI is InChI=1S/C26H24BrFN4O4S/c1-3-35-22-10-8-21(9-11-22)32-17(2)29-30-26(32)37-25(15-31(33)34)19-7-12-24(23(27)14-19)36-16-18-5-4-6-20(28)13-18/h4-14,25H,3,15-16H2,1-2H3/t25-/m0/s1. The van der Waals surface area contributed by atoms with Crippen LogP contribution in [0.3, 0.4) is 0 Å². The molecular formula is C26H24BrFN4O4S. The lowest BCUT2D eigenvalue weighted by Crippen LogP contribution is -2.11. The molecule has 0 N–H and O–H groups in total. The molecule has 0 unspecified atom stereocenters. The maximum absolute atomic E-state index is 13.4. The van der Waals surface area contributed by atoms with E-state index in [0.717, 1.165) is 17.0 Å². The van der Waals surface area contributed by atoms with Gasteiger partial charge in [-0.2, -0.15) is 0 Å². The lowest BCUT2D eigenvalue weighted by Gasteiger charge is -2.16. The van der Waals surface area contributed by atoms with Gasteiger partial charge in [-0.25, -0.2) is 4.39 Å². The summed E-state index contributed by atoms with van der Waals surface area (Å²) in [7, 11) is 0. The molecule has 1 aromatic heterocycles. The van der Waals surface area contributed by atoms with E-state index >= 15 is 0 Å². The van der Waals surface area contributed by atoms with Crippen LogP contribution in [0.1, 0.15) is 29.1 Å². The Hall–Kier alpha value is -3.44. The van der Waals surface area contributed by atoms with Crippen LogP contribution in [0.25, 0.3) is 5.69 Å². The Bertz CT molecular complexity index is 1380. The number of benzene rings is 3. The monoisotopic (exact) mass is 586 g/mol. The van der Waals surface area contributed by atoms with E-state index in [4.69, 9.17) is 9.47 Å². The lowest BCUT2D eigenvalue weighted by molar-refractivity contribution is -0.479. The van der Waals surface area contributed by atoms with Crippen LogP contribution in [-0.4, -0.2) is 32.8 Å². The average Bonchev–Trinajstić information content (AvgIpc) is 3.23. The molecule has 192 valence electrons. The van der Waals surface area contributed by atoms with Crippen molar-refractivity contribution in [2.24, 2.45) is 0 Å². The first-order valence-corrected chi connectivity index (χ1v) is 13.1. The fourth-order valence-corrected chi connectivity index (χ4v) is 5.35. The highest BCUT2D eigenvalue weighted by Crippen LogP contribution is 2.39. The van der Waals surface area contributed by atoms with Gasteiger partial charge in [0.1, 0.15) is 35.0 Å². The molecule has 0 saturated heterocycles. The highest BCUT2D eigenvalue weighted by molar-refractivity contribution is 9.10. The first-order chi connectivity index (χ1) is 17.8. The number of ether oxygens (including phenoxy) is 2. The molecule has 0 bridgehead atoms. The number of halogens is 2. The Balaban J connectivity index is 1.56. The Labute approximate surface area is 226 Å². The largest absolute Gasteiger partial charge is 0.494 e. The second-order valence-electron chi connectivity index (χ2n) is 8.02. The summed E-state index contributed by atoms with van der Waals surface area (Å²) in [6.45, 7) is 4.20. The van der Waals surface area contributed by atoms with Crippen LogP contribution in [0.5, 0.6) is 11.5 Å². The van der Waals surface area contributed by atoms with E-state index in [1.807, 2.05) is 42.7 Å².